The third-order valence-corrected chi connectivity index (χ3v) is 2.46. The fraction of sp³-hybridized carbons (Fsp3) is 0.750. The van der Waals surface area contributed by atoms with Gasteiger partial charge in [-0.25, -0.2) is 0 Å². The third kappa shape index (κ3) is 3.62. The molecule has 1 rings (SSSR count). The van der Waals surface area contributed by atoms with Gasteiger partial charge in [0.2, 0.25) is 0 Å². The van der Waals surface area contributed by atoms with Gasteiger partial charge in [0, 0.05) is 18.9 Å². The lowest BCUT2D eigenvalue weighted by Crippen LogP contribution is -2.21. The van der Waals surface area contributed by atoms with E-state index in [1.165, 1.54) is 17.7 Å². The Balaban J connectivity index is 2.61. The molecule has 14 heavy (non-hydrogen) atoms. The van der Waals surface area contributed by atoms with Crippen LogP contribution in [0.4, 0.5) is 0 Å². The van der Waals surface area contributed by atoms with Crippen molar-refractivity contribution in [2.75, 3.05) is 13.2 Å². The highest BCUT2D eigenvalue weighted by atomic mass is 16.3. The Morgan fingerprint density at radius 1 is 1.43 bits per heavy atom. The number of aliphatic hydroxyl groups excluding tert-OH is 1. The molecule has 0 aromatic heterocycles. The van der Waals surface area contributed by atoms with E-state index in [1.807, 2.05) is 0 Å². The lowest BCUT2D eigenvalue weighted by atomic mass is 9.77. The van der Waals surface area contributed by atoms with Gasteiger partial charge in [-0.15, -0.1) is 0 Å². The van der Waals surface area contributed by atoms with Crippen molar-refractivity contribution in [2.45, 2.75) is 40.0 Å². The minimum absolute atomic E-state index is 0.239. The topological polar surface area (TPSA) is 32.6 Å². The van der Waals surface area contributed by atoms with Crippen LogP contribution in [0, 0.1) is 5.41 Å². The van der Waals surface area contributed by atoms with Gasteiger partial charge < -0.3 is 5.11 Å². The van der Waals surface area contributed by atoms with Gasteiger partial charge in [-0.2, -0.15) is 0 Å². The standard InChI is InChI=1S/C12H21NO/c1-10-7-11(13-5-4-6-14)9-12(2,3)8-10/h7,14H,4-6,8-9H2,1-3H3. The largest absolute Gasteiger partial charge is 0.396 e. The van der Waals surface area contributed by atoms with Crippen LogP contribution in [0.5, 0.6) is 0 Å². The average Bonchev–Trinajstić information content (AvgIpc) is 2.00. The number of allylic oxidation sites excluding steroid dienone is 2. The summed E-state index contributed by atoms with van der Waals surface area (Å²) in [5.74, 6) is 0. The Morgan fingerprint density at radius 2 is 2.14 bits per heavy atom. The molecule has 0 heterocycles. The number of hydrogen-bond acceptors (Lipinski definition) is 2. The van der Waals surface area contributed by atoms with Crippen molar-refractivity contribution in [3.63, 3.8) is 0 Å². The minimum atomic E-state index is 0.239. The second-order valence-electron chi connectivity index (χ2n) is 4.96. The number of rotatable bonds is 3. The predicted octanol–water partition coefficient (Wildman–Crippen LogP) is 2.58. The maximum absolute atomic E-state index is 8.67. The molecule has 0 amide bonds. The van der Waals surface area contributed by atoms with Crippen LogP contribution in [-0.4, -0.2) is 24.0 Å². The van der Waals surface area contributed by atoms with Crippen LogP contribution >= 0.6 is 0 Å². The summed E-state index contributed by atoms with van der Waals surface area (Å²) in [5, 5.41) is 8.67. The molecule has 0 aromatic rings. The average molecular weight is 195 g/mol. The summed E-state index contributed by atoms with van der Waals surface area (Å²) in [5.41, 5.74) is 2.98. The molecule has 0 radical (unpaired) electrons. The van der Waals surface area contributed by atoms with Crippen LogP contribution in [0.25, 0.3) is 0 Å². The van der Waals surface area contributed by atoms with E-state index in [2.05, 4.69) is 31.8 Å². The normalized spacial score (nSPS) is 23.7. The fourth-order valence-electron chi connectivity index (χ4n) is 2.09. The first kappa shape index (κ1) is 11.4. The van der Waals surface area contributed by atoms with Crippen molar-refractivity contribution in [3.05, 3.63) is 11.6 Å². The molecule has 0 aromatic carbocycles. The SMILES string of the molecule is CC1=CC(=NCCCO)CC(C)(C)C1. The molecular weight excluding hydrogens is 174 g/mol. The molecule has 0 unspecified atom stereocenters. The van der Waals surface area contributed by atoms with E-state index < -0.39 is 0 Å². The Bertz CT molecular complexity index is 251. The van der Waals surface area contributed by atoms with E-state index in [-0.39, 0.29) is 6.61 Å². The molecule has 0 spiro atoms. The summed E-state index contributed by atoms with van der Waals surface area (Å²) in [6.45, 7) is 7.73. The molecule has 2 nitrogen and oxygen atoms in total. The van der Waals surface area contributed by atoms with Gasteiger partial charge in [0.1, 0.15) is 0 Å². The molecular formula is C12H21NO. The van der Waals surface area contributed by atoms with E-state index in [0.717, 1.165) is 19.4 Å². The second kappa shape index (κ2) is 4.74. The molecule has 1 aliphatic carbocycles. The summed E-state index contributed by atoms with van der Waals surface area (Å²) in [6, 6.07) is 0. The highest BCUT2D eigenvalue weighted by Gasteiger charge is 2.24. The van der Waals surface area contributed by atoms with Gasteiger partial charge in [0.05, 0.1) is 0 Å². The van der Waals surface area contributed by atoms with Crippen LogP contribution < -0.4 is 0 Å². The van der Waals surface area contributed by atoms with Crippen molar-refractivity contribution >= 4 is 5.71 Å². The monoisotopic (exact) mass is 195 g/mol. The number of hydrogen-bond donors (Lipinski definition) is 1. The van der Waals surface area contributed by atoms with Crippen molar-refractivity contribution in [3.8, 4) is 0 Å². The van der Waals surface area contributed by atoms with Crippen molar-refractivity contribution < 1.29 is 5.11 Å². The lowest BCUT2D eigenvalue weighted by molar-refractivity contribution is 0.291. The molecule has 0 saturated heterocycles. The van der Waals surface area contributed by atoms with Gasteiger partial charge in [0.15, 0.2) is 0 Å². The third-order valence-electron chi connectivity index (χ3n) is 2.46. The maximum atomic E-state index is 8.67. The zero-order chi connectivity index (χ0) is 10.6. The lowest BCUT2D eigenvalue weighted by Gasteiger charge is -2.29. The van der Waals surface area contributed by atoms with Crippen LogP contribution in [0.15, 0.2) is 16.6 Å². The molecule has 0 atom stereocenters. The fourth-order valence-corrected chi connectivity index (χ4v) is 2.09. The van der Waals surface area contributed by atoms with Crippen LogP contribution in [0.3, 0.4) is 0 Å². The van der Waals surface area contributed by atoms with Gasteiger partial charge >= 0.3 is 0 Å². The van der Waals surface area contributed by atoms with E-state index in [4.69, 9.17) is 5.11 Å². The highest BCUT2D eigenvalue weighted by molar-refractivity contribution is 5.96. The molecule has 0 aliphatic heterocycles. The zero-order valence-corrected chi connectivity index (χ0v) is 9.51. The van der Waals surface area contributed by atoms with E-state index >= 15 is 0 Å². The highest BCUT2D eigenvalue weighted by Crippen LogP contribution is 2.33. The zero-order valence-electron chi connectivity index (χ0n) is 9.51. The van der Waals surface area contributed by atoms with E-state index in [0.29, 0.717) is 5.41 Å². The maximum Gasteiger partial charge on any atom is 0.0448 e. The van der Waals surface area contributed by atoms with Crippen LogP contribution in [0.2, 0.25) is 0 Å². The minimum Gasteiger partial charge on any atom is -0.396 e. The Morgan fingerprint density at radius 3 is 2.71 bits per heavy atom. The van der Waals surface area contributed by atoms with Gasteiger partial charge in [-0.1, -0.05) is 19.4 Å². The number of aliphatic hydroxyl groups is 1. The molecule has 80 valence electrons. The summed E-state index contributed by atoms with van der Waals surface area (Å²) in [7, 11) is 0. The first-order valence-electron chi connectivity index (χ1n) is 5.35. The molecule has 0 bridgehead atoms. The van der Waals surface area contributed by atoms with Crippen LogP contribution in [0.1, 0.15) is 40.0 Å². The summed E-state index contributed by atoms with van der Waals surface area (Å²) < 4.78 is 0. The number of nitrogens with zero attached hydrogens (tertiary/aromatic N) is 1. The van der Waals surface area contributed by atoms with E-state index in [9.17, 15) is 0 Å². The van der Waals surface area contributed by atoms with Crippen molar-refractivity contribution in [2.24, 2.45) is 10.4 Å². The predicted molar refractivity (Wildman–Crippen MR) is 60.8 cm³/mol. The molecule has 2 heteroatoms. The number of aliphatic imine (C=N–C) groups is 1. The summed E-state index contributed by atoms with van der Waals surface area (Å²) in [6.07, 6.45) is 5.21. The smallest absolute Gasteiger partial charge is 0.0448 e. The Kier molecular flexibility index (Phi) is 3.87. The van der Waals surface area contributed by atoms with Crippen molar-refractivity contribution in [1.29, 1.82) is 0 Å². The second-order valence-corrected chi connectivity index (χ2v) is 4.96. The Labute approximate surface area is 86.7 Å². The van der Waals surface area contributed by atoms with Crippen LogP contribution in [-0.2, 0) is 0 Å². The first-order valence-corrected chi connectivity index (χ1v) is 5.35. The van der Waals surface area contributed by atoms with Gasteiger partial charge in [-0.05, 0) is 37.7 Å². The summed E-state index contributed by atoms with van der Waals surface area (Å²) in [4.78, 5) is 4.50. The van der Waals surface area contributed by atoms with Crippen molar-refractivity contribution in [1.82, 2.24) is 0 Å². The molecule has 1 N–H and O–H groups in total. The quantitative estimate of drug-likeness (QED) is 0.690. The summed E-state index contributed by atoms with van der Waals surface area (Å²) >= 11 is 0. The molecule has 0 saturated carbocycles. The molecule has 0 fully saturated rings. The van der Waals surface area contributed by atoms with Gasteiger partial charge in [-0.3, -0.25) is 4.99 Å². The first-order chi connectivity index (χ1) is 6.53. The van der Waals surface area contributed by atoms with Gasteiger partial charge in [0.25, 0.3) is 0 Å². The molecule has 1 aliphatic rings. The van der Waals surface area contributed by atoms with E-state index in [1.54, 1.807) is 0 Å². The Hall–Kier alpha value is -0.630.